The van der Waals surface area contributed by atoms with Crippen LogP contribution < -0.4 is 10.2 Å². The number of carbonyl (C=O) groups is 1. The first-order valence-electron chi connectivity index (χ1n) is 9.04. The molecule has 0 bridgehead atoms. The van der Waals surface area contributed by atoms with E-state index in [0.717, 1.165) is 56.1 Å². The number of carbonyl (C=O) groups excluding carboxylic acids is 1. The van der Waals surface area contributed by atoms with Crippen molar-refractivity contribution in [3.8, 4) is 0 Å². The summed E-state index contributed by atoms with van der Waals surface area (Å²) in [4.78, 5) is 21.6. The molecule has 1 saturated heterocycles. The Labute approximate surface area is 149 Å². The lowest BCUT2D eigenvalue weighted by Crippen LogP contribution is -2.46. The molecule has 1 aromatic carbocycles. The van der Waals surface area contributed by atoms with Gasteiger partial charge in [-0.1, -0.05) is 32.0 Å². The monoisotopic (exact) mass is 338 g/mol. The Hall–Kier alpha value is -2.40. The molecule has 0 radical (unpaired) electrons. The number of aryl methyl sites for hydroxylation is 1. The lowest BCUT2D eigenvalue weighted by Gasteiger charge is -2.35. The highest BCUT2D eigenvalue weighted by atomic mass is 16.1. The number of rotatable bonds is 5. The molecule has 0 aliphatic carbocycles. The third kappa shape index (κ3) is 4.17. The van der Waals surface area contributed by atoms with Crippen LogP contribution in [-0.2, 0) is 6.42 Å². The highest BCUT2D eigenvalue weighted by molar-refractivity contribution is 6.03. The molecule has 1 amide bonds. The molecular formula is C20H26N4O. The molecule has 3 rings (SSSR count). The minimum atomic E-state index is -0.157. The highest BCUT2D eigenvalue weighted by Gasteiger charge is 2.17. The van der Waals surface area contributed by atoms with Crippen LogP contribution in [0, 0.1) is 0 Å². The van der Waals surface area contributed by atoms with Crippen LogP contribution in [0.25, 0.3) is 0 Å². The van der Waals surface area contributed by atoms with E-state index in [-0.39, 0.29) is 5.91 Å². The topological polar surface area (TPSA) is 48.5 Å². The number of likely N-dealkylation sites (N-methyl/N-ethyl adjacent to an activating group) is 1. The molecular weight excluding hydrogens is 312 g/mol. The molecule has 1 aromatic heterocycles. The Bertz CT molecular complexity index is 723. The lowest BCUT2D eigenvalue weighted by molar-refractivity contribution is 0.102. The van der Waals surface area contributed by atoms with Gasteiger partial charge in [0.1, 0.15) is 5.69 Å². The fourth-order valence-electron chi connectivity index (χ4n) is 3.20. The van der Waals surface area contributed by atoms with Gasteiger partial charge in [-0.3, -0.25) is 9.78 Å². The van der Waals surface area contributed by atoms with Crippen molar-refractivity contribution in [2.24, 2.45) is 0 Å². The third-order valence-corrected chi connectivity index (χ3v) is 4.81. The molecule has 1 aliphatic rings. The first-order chi connectivity index (χ1) is 12.2. The summed E-state index contributed by atoms with van der Waals surface area (Å²) >= 11 is 0. The van der Waals surface area contributed by atoms with Gasteiger partial charge in [-0.15, -0.1) is 0 Å². The van der Waals surface area contributed by atoms with E-state index >= 15 is 0 Å². The standard InChI is InChI=1S/C20H26N4O/c1-3-16-7-5-6-8-18(16)22-20(25)19-15-17(9-10-21-19)24-13-11-23(4-2)12-14-24/h5-10,15H,3-4,11-14H2,1-2H3,(H,22,25). The van der Waals surface area contributed by atoms with Crippen molar-refractivity contribution in [3.63, 3.8) is 0 Å². The summed E-state index contributed by atoms with van der Waals surface area (Å²) in [6.07, 6.45) is 2.60. The fraction of sp³-hybridized carbons (Fsp3) is 0.400. The Morgan fingerprint density at radius 2 is 1.88 bits per heavy atom. The average molecular weight is 338 g/mol. The molecule has 2 heterocycles. The maximum absolute atomic E-state index is 12.6. The Balaban J connectivity index is 1.72. The van der Waals surface area contributed by atoms with Gasteiger partial charge in [-0.2, -0.15) is 0 Å². The first-order valence-corrected chi connectivity index (χ1v) is 9.04. The molecule has 5 heteroatoms. The Morgan fingerprint density at radius 3 is 2.60 bits per heavy atom. The maximum atomic E-state index is 12.6. The van der Waals surface area contributed by atoms with E-state index in [4.69, 9.17) is 0 Å². The van der Waals surface area contributed by atoms with Crippen molar-refractivity contribution in [2.45, 2.75) is 20.3 Å². The van der Waals surface area contributed by atoms with E-state index in [1.54, 1.807) is 6.20 Å². The lowest BCUT2D eigenvalue weighted by atomic mass is 10.1. The van der Waals surface area contributed by atoms with E-state index in [1.807, 2.05) is 36.4 Å². The van der Waals surface area contributed by atoms with Crippen LogP contribution in [0.4, 0.5) is 11.4 Å². The van der Waals surface area contributed by atoms with Crippen LogP contribution in [0.5, 0.6) is 0 Å². The largest absolute Gasteiger partial charge is 0.369 e. The number of amides is 1. The number of nitrogens with zero attached hydrogens (tertiary/aromatic N) is 3. The summed E-state index contributed by atoms with van der Waals surface area (Å²) in [6, 6.07) is 11.8. The molecule has 5 nitrogen and oxygen atoms in total. The second kappa shape index (κ2) is 8.12. The van der Waals surface area contributed by atoms with Crippen LogP contribution in [-0.4, -0.2) is 48.5 Å². The van der Waals surface area contributed by atoms with Gasteiger partial charge in [0.15, 0.2) is 0 Å². The van der Waals surface area contributed by atoms with E-state index in [2.05, 4.69) is 33.9 Å². The molecule has 0 unspecified atom stereocenters. The molecule has 0 spiro atoms. The summed E-state index contributed by atoms with van der Waals surface area (Å²) in [5.41, 5.74) is 3.52. The summed E-state index contributed by atoms with van der Waals surface area (Å²) in [5, 5.41) is 3.00. The number of hydrogen-bond donors (Lipinski definition) is 1. The molecule has 1 aliphatic heterocycles. The zero-order chi connectivity index (χ0) is 17.6. The summed E-state index contributed by atoms with van der Waals surface area (Å²) in [5.74, 6) is -0.157. The van der Waals surface area contributed by atoms with Crippen LogP contribution in [0.1, 0.15) is 29.9 Å². The molecule has 1 N–H and O–H groups in total. The van der Waals surface area contributed by atoms with Crippen molar-refractivity contribution in [1.82, 2.24) is 9.88 Å². The van der Waals surface area contributed by atoms with Crippen molar-refractivity contribution in [1.29, 1.82) is 0 Å². The average Bonchev–Trinajstić information content (AvgIpc) is 2.68. The van der Waals surface area contributed by atoms with Crippen molar-refractivity contribution in [2.75, 3.05) is 42.9 Å². The predicted octanol–water partition coefficient (Wildman–Crippen LogP) is 3.04. The van der Waals surface area contributed by atoms with E-state index in [9.17, 15) is 4.79 Å². The fourth-order valence-corrected chi connectivity index (χ4v) is 3.20. The van der Waals surface area contributed by atoms with Gasteiger partial charge in [0.25, 0.3) is 5.91 Å². The summed E-state index contributed by atoms with van der Waals surface area (Å²) in [7, 11) is 0. The van der Waals surface area contributed by atoms with Crippen molar-refractivity contribution >= 4 is 17.3 Å². The minimum Gasteiger partial charge on any atom is -0.369 e. The van der Waals surface area contributed by atoms with Gasteiger partial charge in [-0.25, -0.2) is 0 Å². The number of aromatic nitrogens is 1. The van der Waals surface area contributed by atoms with Crippen LogP contribution in [0.15, 0.2) is 42.6 Å². The van der Waals surface area contributed by atoms with Gasteiger partial charge in [0, 0.05) is 43.8 Å². The molecule has 132 valence electrons. The SMILES string of the molecule is CCc1ccccc1NC(=O)c1cc(N2CCN(CC)CC2)ccn1. The molecule has 1 fully saturated rings. The number of pyridine rings is 1. The molecule has 0 atom stereocenters. The predicted molar refractivity (Wildman–Crippen MR) is 102 cm³/mol. The van der Waals surface area contributed by atoms with Gasteiger partial charge in [-0.05, 0) is 36.7 Å². The van der Waals surface area contributed by atoms with Crippen molar-refractivity contribution < 1.29 is 4.79 Å². The quantitative estimate of drug-likeness (QED) is 0.910. The number of piperazine rings is 1. The van der Waals surface area contributed by atoms with Gasteiger partial charge in [0.2, 0.25) is 0 Å². The number of para-hydroxylation sites is 1. The van der Waals surface area contributed by atoms with Gasteiger partial charge >= 0.3 is 0 Å². The third-order valence-electron chi connectivity index (χ3n) is 4.81. The molecule has 2 aromatic rings. The number of anilines is 2. The number of nitrogens with one attached hydrogen (secondary N) is 1. The molecule has 0 saturated carbocycles. The van der Waals surface area contributed by atoms with Gasteiger partial charge < -0.3 is 15.1 Å². The van der Waals surface area contributed by atoms with Crippen LogP contribution >= 0.6 is 0 Å². The van der Waals surface area contributed by atoms with Crippen molar-refractivity contribution in [3.05, 3.63) is 53.9 Å². The second-order valence-corrected chi connectivity index (χ2v) is 6.29. The van der Waals surface area contributed by atoms with E-state index < -0.39 is 0 Å². The Morgan fingerprint density at radius 1 is 1.12 bits per heavy atom. The van der Waals surface area contributed by atoms with Crippen LogP contribution in [0.2, 0.25) is 0 Å². The van der Waals surface area contributed by atoms with Gasteiger partial charge in [0.05, 0.1) is 0 Å². The first kappa shape index (κ1) is 17.4. The number of benzene rings is 1. The normalized spacial score (nSPS) is 15.2. The Kier molecular flexibility index (Phi) is 5.66. The summed E-state index contributed by atoms with van der Waals surface area (Å²) in [6.45, 7) is 9.46. The number of hydrogen-bond acceptors (Lipinski definition) is 4. The highest BCUT2D eigenvalue weighted by Crippen LogP contribution is 2.19. The molecule has 25 heavy (non-hydrogen) atoms. The zero-order valence-corrected chi connectivity index (χ0v) is 15.0. The smallest absolute Gasteiger partial charge is 0.274 e. The van der Waals surface area contributed by atoms with E-state index in [1.165, 1.54) is 0 Å². The summed E-state index contributed by atoms with van der Waals surface area (Å²) < 4.78 is 0. The van der Waals surface area contributed by atoms with E-state index in [0.29, 0.717) is 5.69 Å². The van der Waals surface area contributed by atoms with Crippen LogP contribution in [0.3, 0.4) is 0 Å². The second-order valence-electron chi connectivity index (χ2n) is 6.29. The minimum absolute atomic E-state index is 0.157. The maximum Gasteiger partial charge on any atom is 0.274 e. The zero-order valence-electron chi connectivity index (χ0n) is 15.0.